The van der Waals surface area contributed by atoms with E-state index in [-0.39, 0.29) is 10.8 Å². The fraction of sp³-hybridized carbons (Fsp3) is 0. The quantitative estimate of drug-likeness (QED) is 0.671. The Morgan fingerprint density at radius 2 is 2.19 bits per heavy atom. The van der Waals surface area contributed by atoms with Gasteiger partial charge in [-0.15, -0.1) is 0 Å². The van der Waals surface area contributed by atoms with Crippen LogP contribution in [-0.2, 0) is 0 Å². The Labute approximate surface area is 102 Å². The van der Waals surface area contributed by atoms with Crippen LogP contribution in [0.25, 0.3) is 6.08 Å². The van der Waals surface area contributed by atoms with Gasteiger partial charge < -0.3 is 5.11 Å². The highest BCUT2D eigenvalue weighted by Gasteiger charge is 2.11. The van der Waals surface area contributed by atoms with Crippen molar-refractivity contribution in [2.45, 2.75) is 0 Å². The number of hydrogen-bond donors (Lipinski definition) is 3. The lowest BCUT2D eigenvalue weighted by molar-refractivity contribution is 0.474. The third kappa shape index (κ3) is 2.06. The number of halogens is 2. The first kappa shape index (κ1) is 11.1. The molecule has 0 unspecified atom stereocenters. The Balaban J connectivity index is 2.42. The lowest BCUT2D eigenvalue weighted by Gasteiger charge is -2.09. The molecule has 0 aliphatic carbocycles. The molecule has 0 fully saturated rings. The van der Waals surface area contributed by atoms with E-state index >= 15 is 0 Å². The van der Waals surface area contributed by atoms with Crippen LogP contribution >= 0.6 is 23.2 Å². The van der Waals surface area contributed by atoms with Crippen LogP contribution < -0.4 is 11.3 Å². The normalized spacial score (nSPS) is 16.9. The zero-order chi connectivity index (χ0) is 11.7. The Hall–Kier alpha value is -1.43. The third-order valence-corrected chi connectivity index (χ3v) is 2.50. The molecule has 16 heavy (non-hydrogen) atoms. The number of aromatic hydroxyl groups is 1. The summed E-state index contributed by atoms with van der Waals surface area (Å²) in [6.45, 7) is 0. The second-order valence-electron chi connectivity index (χ2n) is 3.12. The van der Waals surface area contributed by atoms with Gasteiger partial charge in [0.25, 0.3) is 0 Å². The van der Waals surface area contributed by atoms with Crippen molar-refractivity contribution in [1.82, 2.24) is 10.4 Å². The number of phenolic OH excluding ortho intramolecular Hbond substituents is 1. The first-order chi connectivity index (χ1) is 7.58. The Bertz CT molecular complexity index is 487. The van der Waals surface area contributed by atoms with E-state index in [1.54, 1.807) is 12.1 Å². The van der Waals surface area contributed by atoms with Gasteiger partial charge in [0.1, 0.15) is 17.9 Å². The van der Waals surface area contributed by atoms with E-state index in [4.69, 9.17) is 29.0 Å². The van der Waals surface area contributed by atoms with Gasteiger partial charge in [0.15, 0.2) is 0 Å². The fourth-order valence-electron chi connectivity index (χ4n) is 1.23. The number of hydrogen-bond acceptors (Lipinski definition) is 5. The van der Waals surface area contributed by atoms with E-state index in [2.05, 4.69) is 10.5 Å². The minimum atomic E-state index is -0.0549. The van der Waals surface area contributed by atoms with E-state index < -0.39 is 0 Å². The molecular formula is C9H8Cl2N4O. The molecule has 4 N–H and O–H groups in total. The van der Waals surface area contributed by atoms with E-state index in [1.807, 2.05) is 0 Å². The minimum Gasteiger partial charge on any atom is -0.506 e. The summed E-state index contributed by atoms with van der Waals surface area (Å²) in [4.78, 5) is 0. The van der Waals surface area contributed by atoms with Crippen LogP contribution in [0.5, 0.6) is 5.75 Å². The maximum Gasteiger partial charge on any atom is 0.143 e. The molecule has 0 amide bonds. The maximum absolute atomic E-state index is 9.71. The fourth-order valence-corrected chi connectivity index (χ4v) is 1.74. The third-order valence-electron chi connectivity index (χ3n) is 1.99. The number of nitrogens with zero attached hydrogens (tertiary/aromatic N) is 2. The van der Waals surface area contributed by atoms with Gasteiger partial charge in [-0.2, -0.15) is 5.10 Å². The van der Waals surface area contributed by atoms with Crippen molar-refractivity contribution in [3.8, 4) is 5.75 Å². The van der Waals surface area contributed by atoms with Crippen LogP contribution in [0.1, 0.15) is 5.56 Å². The number of nitrogens with one attached hydrogen (secondary N) is 1. The molecule has 0 spiro atoms. The summed E-state index contributed by atoms with van der Waals surface area (Å²) in [6, 6.07) is 3.03. The SMILES string of the molecule is NN1C=NNC1=Cc1cc(Cl)cc(Cl)c1O. The predicted octanol–water partition coefficient (Wildman–Crippen LogP) is 1.72. The molecule has 1 aromatic rings. The molecular weight excluding hydrogens is 251 g/mol. The van der Waals surface area contributed by atoms with Crippen molar-refractivity contribution in [3.05, 3.63) is 33.6 Å². The molecule has 5 nitrogen and oxygen atoms in total. The molecule has 84 valence electrons. The van der Waals surface area contributed by atoms with E-state index in [0.717, 1.165) is 0 Å². The van der Waals surface area contributed by atoms with Gasteiger partial charge in [-0.05, 0) is 18.2 Å². The average molecular weight is 259 g/mol. The minimum absolute atomic E-state index is 0.0549. The number of phenols is 1. The van der Waals surface area contributed by atoms with Crippen LogP contribution in [-0.4, -0.2) is 16.5 Å². The summed E-state index contributed by atoms with van der Waals surface area (Å²) < 4.78 is 0. The van der Waals surface area contributed by atoms with Gasteiger partial charge in [0.2, 0.25) is 0 Å². The Kier molecular flexibility index (Phi) is 2.91. The van der Waals surface area contributed by atoms with Crippen LogP contribution in [0.4, 0.5) is 0 Å². The first-order valence-electron chi connectivity index (χ1n) is 4.31. The number of rotatable bonds is 1. The number of benzene rings is 1. The highest BCUT2D eigenvalue weighted by molar-refractivity contribution is 6.35. The molecule has 0 aromatic heterocycles. The molecule has 0 saturated heterocycles. The summed E-state index contributed by atoms with van der Waals surface area (Å²) in [6.07, 6.45) is 2.98. The van der Waals surface area contributed by atoms with Crippen LogP contribution in [0.3, 0.4) is 0 Å². The van der Waals surface area contributed by atoms with Crippen molar-refractivity contribution < 1.29 is 5.11 Å². The summed E-state index contributed by atoms with van der Waals surface area (Å²) in [5.41, 5.74) is 3.11. The van der Waals surface area contributed by atoms with Crippen molar-refractivity contribution in [1.29, 1.82) is 0 Å². The van der Waals surface area contributed by atoms with Crippen LogP contribution in [0, 0.1) is 0 Å². The smallest absolute Gasteiger partial charge is 0.143 e. The molecule has 2 rings (SSSR count). The molecule has 0 radical (unpaired) electrons. The molecule has 0 bridgehead atoms. The monoisotopic (exact) mass is 258 g/mol. The van der Waals surface area contributed by atoms with Crippen LogP contribution in [0.2, 0.25) is 10.0 Å². The van der Waals surface area contributed by atoms with Gasteiger partial charge in [-0.1, -0.05) is 23.2 Å². The summed E-state index contributed by atoms with van der Waals surface area (Å²) in [5, 5.41) is 15.3. The number of hydrazone groups is 1. The molecule has 0 saturated carbocycles. The van der Waals surface area contributed by atoms with E-state index in [9.17, 15) is 5.11 Å². The summed E-state index contributed by atoms with van der Waals surface area (Å²) in [5.74, 6) is 6.01. The van der Waals surface area contributed by atoms with Crippen molar-refractivity contribution in [2.75, 3.05) is 0 Å². The van der Waals surface area contributed by atoms with Gasteiger partial charge in [-0.3, -0.25) is 5.43 Å². The topological polar surface area (TPSA) is 73.9 Å². The van der Waals surface area contributed by atoms with Crippen molar-refractivity contribution in [2.24, 2.45) is 10.9 Å². The zero-order valence-corrected chi connectivity index (χ0v) is 9.50. The molecule has 1 aromatic carbocycles. The lowest BCUT2D eigenvalue weighted by atomic mass is 10.2. The highest BCUT2D eigenvalue weighted by Crippen LogP contribution is 2.32. The summed E-state index contributed by atoms with van der Waals surface area (Å²) >= 11 is 11.6. The second kappa shape index (κ2) is 4.21. The zero-order valence-electron chi connectivity index (χ0n) is 7.98. The highest BCUT2D eigenvalue weighted by atomic mass is 35.5. The lowest BCUT2D eigenvalue weighted by Crippen LogP contribution is -2.27. The maximum atomic E-state index is 9.71. The van der Waals surface area contributed by atoms with Gasteiger partial charge >= 0.3 is 0 Å². The number of nitrogens with two attached hydrogens (primary N) is 1. The molecule has 1 aliphatic rings. The Morgan fingerprint density at radius 3 is 2.81 bits per heavy atom. The van der Waals surface area contributed by atoms with Crippen molar-refractivity contribution in [3.63, 3.8) is 0 Å². The number of hydrazine groups is 1. The predicted molar refractivity (Wildman–Crippen MR) is 63.8 cm³/mol. The van der Waals surface area contributed by atoms with Gasteiger partial charge in [0, 0.05) is 10.6 Å². The molecule has 1 heterocycles. The molecule has 0 atom stereocenters. The standard InChI is InChI=1S/C9H8Cl2N4O/c10-6-1-5(9(16)7(11)3-6)2-8-14-13-4-15(8)12/h1-4,14,16H,12H2. The van der Waals surface area contributed by atoms with Gasteiger partial charge in [-0.25, -0.2) is 10.9 Å². The second-order valence-corrected chi connectivity index (χ2v) is 3.96. The molecule has 7 heteroatoms. The molecule has 1 aliphatic heterocycles. The van der Waals surface area contributed by atoms with Gasteiger partial charge in [0.05, 0.1) is 5.02 Å². The van der Waals surface area contributed by atoms with E-state index in [1.165, 1.54) is 17.4 Å². The summed E-state index contributed by atoms with van der Waals surface area (Å²) in [7, 11) is 0. The first-order valence-corrected chi connectivity index (χ1v) is 5.06. The Morgan fingerprint density at radius 1 is 1.44 bits per heavy atom. The van der Waals surface area contributed by atoms with Crippen LogP contribution in [0.15, 0.2) is 23.1 Å². The van der Waals surface area contributed by atoms with E-state index in [0.29, 0.717) is 16.4 Å². The van der Waals surface area contributed by atoms with Crippen molar-refractivity contribution >= 4 is 35.6 Å². The largest absolute Gasteiger partial charge is 0.506 e. The average Bonchev–Trinajstić information content (AvgIpc) is 2.60.